The molecular formula is C16H19NO. The summed E-state index contributed by atoms with van der Waals surface area (Å²) >= 11 is 0. The standard InChI is InChI=1S/C16H19NO/c1-10-9-11(2)14(15(17)12(10)3)16(18)13-7-5-4-6-8-13/h4-9,16,18H,17H2,1-3H3. The number of benzene rings is 2. The van der Waals surface area contributed by atoms with E-state index in [1.54, 1.807) is 0 Å². The minimum Gasteiger partial charge on any atom is -0.398 e. The number of nitrogen functional groups attached to an aromatic ring is 1. The molecule has 2 heteroatoms. The molecule has 1 unspecified atom stereocenters. The maximum absolute atomic E-state index is 10.5. The highest BCUT2D eigenvalue weighted by Crippen LogP contribution is 2.33. The van der Waals surface area contributed by atoms with E-state index >= 15 is 0 Å². The molecule has 18 heavy (non-hydrogen) atoms. The molecular weight excluding hydrogens is 222 g/mol. The molecule has 0 radical (unpaired) electrons. The summed E-state index contributed by atoms with van der Waals surface area (Å²) < 4.78 is 0. The lowest BCUT2D eigenvalue weighted by Gasteiger charge is -2.19. The van der Waals surface area contributed by atoms with E-state index in [4.69, 9.17) is 5.73 Å². The second-order valence-electron chi connectivity index (χ2n) is 4.78. The van der Waals surface area contributed by atoms with Gasteiger partial charge in [-0.15, -0.1) is 0 Å². The van der Waals surface area contributed by atoms with Crippen LogP contribution < -0.4 is 5.73 Å². The van der Waals surface area contributed by atoms with Crippen molar-refractivity contribution < 1.29 is 5.11 Å². The number of aliphatic hydroxyl groups is 1. The third kappa shape index (κ3) is 2.12. The molecule has 0 amide bonds. The zero-order chi connectivity index (χ0) is 13.3. The number of anilines is 1. The number of aliphatic hydroxyl groups excluding tert-OH is 1. The molecule has 0 saturated carbocycles. The quantitative estimate of drug-likeness (QED) is 0.793. The van der Waals surface area contributed by atoms with Crippen molar-refractivity contribution in [2.75, 3.05) is 5.73 Å². The van der Waals surface area contributed by atoms with Gasteiger partial charge in [-0.25, -0.2) is 0 Å². The number of hydrogen-bond acceptors (Lipinski definition) is 2. The highest BCUT2D eigenvalue weighted by Gasteiger charge is 2.18. The van der Waals surface area contributed by atoms with Gasteiger partial charge in [0.05, 0.1) is 0 Å². The Morgan fingerprint density at radius 1 is 1.00 bits per heavy atom. The van der Waals surface area contributed by atoms with Gasteiger partial charge < -0.3 is 10.8 Å². The third-order valence-electron chi connectivity index (χ3n) is 3.53. The van der Waals surface area contributed by atoms with E-state index in [0.717, 1.165) is 27.8 Å². The lowest BCUT2D eigenvalue weighted by molar-refractivity contribution is 0.220. The normalized spacial score (nSPS) is 12.4. The van der Waals surface area contributed by atoms with Crippen LogP contribution in [0.15, 0.2) is 36.4 Å². The van der Waals surface area contributed by atoms with Crippen LogP contribution in [0.1, 0.15) is 33.9 Å². The summed E-state index contributed by atoms with van der Waals surface area (Å²) in [5, 5.41) is 10.5. The van der Waals surface area contributed by atoms with Crippen molar-refractivity contribution in [3.05, 3.63) is 64.2 Å². The molecule has 3 N–H and O–H groups in total. The summed E-state index contributed by atoms with van der Waals surface area (Å²) in [5.74, 6) is 0. The van der Waals surface area contributed by atoms with Gasteiger partial charge in [-0.05, 0) is 43.0 Å². The van der Waals surface area contributed by atoms with Crippen LogP contribution in [-0.4, -0.2) is 5.11 Å². The predicted molar refractivity (Wildman–Crippen MR) is 75.6 cm³/mol. The molecule has 0 aliphatic carbocycles. The predicted octanol–water partition coefficient (Wildman–Crippen LogP) is 3.28. The molecule has 0 spiro atoms. The Morgan fingerprint density at radius 2 is 1.61 bits per heavy atom. The molecule has 0 saturated heterocycles. The largest absolute Gasteiger partial charge is 0.398 e. The van der Waals surface area contributed by atoms with E-state index in [2.05, 4.69) is 6.07 Å². The fourth-order valence-electron chi connectivity index (χ4n) is 2.30. The molecule has 1 atom stereocenters. The van der Waals surface area contributed by atoms with Crippen molar-refractivity contribution >= 4 is 5.69 Å². The summed E-state index contributed by atoms with van der Waals surface area (Å²) in [6, 6.07) is 11.7. The van der Waals surface area contributed by atoms with Crippen LogP contribution in [0.25, 0.3) is 0 Å². The van der Waals surface area contributed by atoms with E-state index in [9.17, 15) is 5.11 Å². The lowest BCUT2D eigenvalue weighted by atomic mass is 9.91. The Morgan fingerprint density at radius 3 is 2.22 bits per heavy atom. The average Bonchev–Trinajstić information content (AvgIpc) is 2.37. The fourth-order valence-corrected chi connectivity index (χ4v) is 2.30. The Balaban J connectivity index is 2.55. The molecule has 0 fully saturated rings. The van der Waals surface area contributed by atoms with Gasteiger partial charge in [0.15, 0.2) is 0 Å². The van der Waals surface area contributed by atoms with Gasteiger partial charge in [0, 0.05) is 11.3 Å². The van der Waals surface area contributed by atoms with Crippen molar-refractivity contribution in [1.29, 1.82) is 0 Å². The number of rotatable bonds is 2. The van der Waals surface area contributed by atoms with Crippen molar-refractivity contribution in [1.82, 2.24) is 0 Å². The van der Waals surface area contributed by atoms with Crippen molar-refractivity contribution in [3.8, 4) is 0 Å². The second-order valence-corrected chi connectivity index (χ2v) is 4.78. The fraction of sp³-hybridized carbons (Fsp3) is 0.250. The molecule has 0 aliphatic heterocycles. The Hall–Kier alpha value is -1.80. The van der Waals surface area contributed by atoms with Crippen LogP contribution in [0, 0.1) is 20.8 Å². The minimum atomic E-state index is -0.662. The van der Waals surface area contributed by atoms with Crippen LogP contribution in [0.5, 0.6) is 0 Å². The highest BCUT2D eigenvalue weighted by atomic mass is 16.3. The van der Waals surface area contributed by atoms with Crippen molar-refractivity contribution in [2.45, 2.75) is 26.9 Å². The lowest BCUT2D eigenvalue weighted by Crippen LogP contribution is -2.08. The van der Waals surface area contributed by atoms with Crippen LogP contribution in [-0.2, 0) is 0 Å². The third-order valence-corrected chi connectivity index (χ3v) is 3.53. The molecule has 0 aliphatic rings. The van der Waals surface area contributed by atoms with E-state index in [1.165, 1.54) is 0 Å². The minimum absolute atomic E-state index is 0.662. The molecule has 94 valence electrons. The first-order chi connectivity index (χ1) is 8.52. The van der Waals surface area contributed by atoms with Gasteiger partial charge in [0.1, 0.15) is 6.10 Å². The van der Waals surface area contributed by atoms with Gasteiger partial charge in [-0.1, -0.05) is 36.4 Å². The van der Waals surface area contributed by atoms with E-state index in [-0.39, 0.29) is 0 Å². The van der Waals surface area contributed by atoms with E-state index in [0.29, 0.717) is 5.69 Å². The summed E-state index contributed by atoms with van der Waals surface area (Å²) in [5.41, 5.74) is 11.8. The Labute approximate surface area is 108 Å². The monoisotopic (exact) mass is 241 g/mol. The first kappa shape index (κ1) is 12.7. The van der Waals surface area contributed by atoms with Crippen molar-refractivity contribution in [3.63, 3.8) is 0 Å². The maximum atomic E-state index is 10.5. The van der Waals surface area contributed by atoms with E-state index in [1.807, 2.05) is 51.1 Å². The Bertz CT molecular complexity index is 561. The molecule has 2 aromatic carbocycles. The average molecular weight is 241 g/mol. The van der Waals surface area contributed by atoms with Gasteiger partial charge >= 0.3 is 0 Å². The number of aryl methyl sites for hydroxylation is 2. The summed E-state index contributed by atoms with van der Waals surface area (Å²) in [6.45, 7) is 6.02. The summed E-state index contributed by atoms with van der Waals surface area (Å²) in [6.07, 6.45) is -0.662. The number of nitrogens with two attached hydrogens (primary N) is 1. The Kier molecular flexibility index (Phi) is 3.39. The number of hydrogen-bond donors (Lipinski definition) is 2. The maximum Gasteiger partial charge on any atom is 0.106 e. The first-order valence-electron chi connectivity index (χ1n) is 6.11. The SMILES string of the molecule is Cc1cc(C)c(C(O)c2ccccc2)c(N)c1C. The topological polar surface area (TPSA) is 46.2 Å². The van der Waals surface area contributed by atoms with Crippen LogP contribution in [0.2, 0.25) is 0 Å². The molecule has 2 aromatic rings. The van der Waals surface area contributed by atoms with E-state index < -0.39 is 6.10 Å². The second kappa shape index (κ2) is 4.83. The smallest absolute Gasteiger partial charge is 0.106 e. The highest BCUT2D eigenvalue weighted by molar-refractivity contribution is 5.61. The zero-order valence-electron chi connectivity index (χ0n) is 11.1. The molecule has 0 aromatic heterocycles. The van der Waals surface area contributed by atoms with Gasteiger partial charge in [0.25, 0.3) is 0 Å². The van der Waals surface area contributed by atoms with Crippen molar-refractivity contribution in [2.24, 2.45) is 0 Å². The van der Waals surface area contributed by atoms with Gasteiger partial charge in [-0.3, -0.25) is 0 Å². The van der Waals surface area contributed by atoms with Crippen LogP contribution >= 0.6 is 0 Å². The van der Waals surface area contributed by atoms with Crippen LogP contribution in [0.4, 0.5) is 5.69 Å². The molecule has 2 rings (SSSR count). The zero-order valence-corrected chi connectivity index (χ0v) is 11.1. The molecule has 2 nitrogen and oxygen atoms in total. The molecule has 0 heterocycles. The van der Waals surface area contributed by atoms with Gasteiger partial charge in [0.2, 0.25) is 0 Å². The summed E-state index contributed by atoms with van der Waals surface area (Å²) in [7, 11) is 0. The molecule has 0 bridgehead atoms. The van der Waals surface area contributed by atoms with Gasteiger partial charge in [-0.2, -0.15) is 0 Å². The first-order valence-corrected chi connectivity index (χ1v) is 6.11. The summed E-state index contributed by atoms with van der Waals surface area (Å²) in [4.78, 5) is 0. The van der Waals surface area contributed by atoms with Crippen LogP contribution in [0.3, 0.4) is 0 Å².